The second kappa shape index (κ2) is 5.64. The third kappa shape index (κ3) is 3.93. The molecule has 0 aromatic heterocycles. The molecule has 0 amide bonds. The van der Waals surface area contributed by atoms with E-state index in [0.717, 1.165) is 11.0 Å². The van der Waals surface area contributed by atoms with Gasteiger partial charge in [-0.25, -0.2) is 0 Å². The van der Waals surface area contributed by atoms with Crippen LogP contribution in [0.1, 0.15) is 31.0 Å². The van der Waals surface area contributed by atoms with Crippen LogP contribution in [-0.4, -0.2) is 12.6 Å². The number of hydrogen-bond acceptors (Lipinski definition) is 2. The van der Waals surface area contributed by atoms with Crippen LogP contribution in [-0.2, 0) is 0 Å². The molecule has 0 spiro atoms. The van der Waals surface area contributed by atoms with E-state index >= 15 is 0 Å². The molecule has 2 nitrogen and oxygen atoms in total. The number of halogens is 1. The molecule has 1 aromatic carbocycles. The average Bonchev–Trinajstić information content (AvgIpc) is 2.18. The van der Waals surface area contributed by atoms with E-state index in [1.807, 2.05) is 6.07 Å². The first kappa shape index (κ1) is 12.7. The lowest BCUT2D eigenvalue weighted by Crippen LogP contribution is -2.32. The second-order valence-corrected chi connectivity index (χ2v) is 5.09. The maximum Gasteiger partial charge on any atom is 0.0424 e. The van der Waals surface area contributed by atoms with Crippen LogP contribution in [0.4, 0.5) is 0 Å². The van der Waals surface area contributed by atoms with Gasteiger partial charge in [0.25, 0.3) is 0 Å². The third-order valence-electron chi connectivity index (χ3n) is 2.39. The van der Waals surface area contributed by atoms with Gasteiger partial charge >= 0.3 is 0 Å². The van der Waals surface area contributed by atoms with E-state index < -0.39 is 0 Å². The Morgan fingerprint density at radius 2 is 2.07 bits per heavy atom. The van der Waals surface area contributed by atoms with Crippen LogP contribution in [0.2, 0.25) is 0 Å². The molecule has 0 aliphatic rings. The third-order valence-corrected chi connectivity index (χ3v) is 2.88. The zero-order valence-electron chi connectivity index (χ0n) is 9.55. The van der Waals surface area contributed by atoms with Gasteiger partial charge in [0.2, 0.25) is 0 Å². The Bertz CT molecular complexity index is 323. The fourth-order valence-corrected chi connectivity index (χ4v) is 1.86. The van der Waals surface area contributed by atoms with Gasteiger partial charge in [0, 0.05) is 23.1 Å². The Hall–Kier alpha value is -0.380. The van der Waals surface area contributed by atoms with Gasteiger partial charge < -0.3 is 11.1 Å². The minimum Gasteiger partial charge on any atom is -0.323 e. The van der Waals surface area contributed by atoms with E-state index in [1.54, 1.807) is 0 Å². The number of benzene rings is 1. The summed E-state index contributed by atoms with van der Waals surface area (Å²) in [5, 5.41) is 3.35. The second-order valence-electron chi connectivity index (χ2n) is 4.17. The number of aryl methyl sites for hydroxylation is 1. The Morgan fingerprint density at radius 3 is 2.67 bits per heavy atom. The van der Waals surface area contributed by atoms with Crippen LogP contribution in [0.5, 0.6) is 0 Å². The Morgan fingerprint density at radius 1 is 1.40 bits per heavy atom. The van der Waals surface area contributed by atoms with Crippen molar-refractivity contribution in [3.05, 3.63) is 33.8 Å². The smallest absolute Gasteiger partial charge is 0.0424 e. The quantitative estimate of drug-likeness (QED) is 0.883. The van der Waals surface area contributed by atoms with Gasteiger partial charge in [-0.1, -0.05) is 35.8 Å². The van der Waals surface area contributed by atoms with Gasteiger partial charge in [-0.3, -0.25) is 0 Å². The molecule has 1 aromatic rings. The zero-order chi connectivity index (χ0) is 11.4. The molecule has 3 heteroatoms. The SMILES string of the molecule is Cc1ccc(Br)cc1C(N)CNC(C)C. The maximum absolute atomic E-state index is 6.13. The monoisotopic (exact) mass is 270 g/mol. The molecule has 15 heavy (non-hydrogen) atoms. The van der Waals surface area contributed by atoms with E-state index in [1.165, 1.54) is 11.1 Å². The van der Waals surface area contributed by atoms with Crippen molar-refractivity contribution in [2.45, 2.75) is 32.9 Å². The Labute approximate surface area is 100 Å². The van der Waals surface area contributed by atoms with Gasteiger partial charge in [-0.2, -0.15) is 0 Å². The molecule has 3 N–H and O–H groups in total. The molecular formula is C12H19BrN2. The number of nitrogens with two attached hydrogens (primary N) is 1. The van der Waals surface area contributed by atoms with Crippen LogP contribution < -0.4 is 11.1 Å². The lowest BCUT2D eigenvalue weighted by atomic mass is 10.0. The first-order chi connectivity index (χ1) is 7.00. The van der Waals surface area contributed by atoms with Crippen molar-refractivity contribution < 1.29 is 0 Å². The lowest BCUT2D eigenvalue weighted by Gasteiger charge is -2.17. The number of nitrogens with one attached hydrogen (secondary N) is 1. The summed E-state index contributed by atoms with van der Waals surface area (Å²) in [6.07, 6.45) is 0. The van der Waals surface area contributed by atoms with Crippen molar-refractivity contribution >= 4 is 15.9 Å². The van der Waals surface area contributed by atoms with Crippen LogP contribution >= 0.6 is 15.9 Å². The van der Waals surface area contributed by atoms with Crippen LogP contribution in [0.15, 0.2) is 22.7 Å². The topological polar surface area (TPSA) is 38.0 Å². The molecule has 0 aliphatic carbocycles. The Kier molecular flexibility index (Phi) is 4.77. The summed E-state index contributed by atoms with van der Waals surface area (Å²) in [4.78, 5) is 0. The summed E-state index contributed by atoms with van der Waals surface area (Å²) in [6, 6.07) is 6.77. The molecule has 0 saturated carbocycles. The molecular weight excluding hydrogens is 252 g/mol. The van der Waals surface area contributed by atoms with Crippen LogP contribution in [0.3, 0.4) is 0 Å². The minimum absolute atomic E-state index is 0.0601. The van der Waals surface area contributed by atoms with Crippen molar-refractivity contribution in [3.63, 3.8) is 0 Å². The van der Waals surface area contributed by atoms with Crippen LogP contribution in [0, 0.1) is 6.92 Å². The molecule has 0 bridgehead atoms. The molecule has 0 fully saturated rings. The highest BCUT2D eigenvalue weighted by Gasteiger charge is 2.09. The van der Waals surface area contributed by atoms with Crippen LogP contribution in [0.25, 0.3) is 0 Å². The predicted molar refractivity (Wildman–Crippen MR) is 68.9 cm³/mol. The molecule has 0 radical (unpaired) electrons. The summed E-state index contributed by atoms with van der Waals surface area (Å²) in [5.74, 6) is 0. The van der Waals surface area contributed by atoms with Crippen molar-refractivity contribution in [1.29, 1.82) is 0 Å². The van der Waals surface area contributed by atoms with Gasteiger partial charge in [0.05, 0.1) is 0 Å². The predicted octanol–water partition coefficient (Wildman–Crippen LogP) is 2.76. The standard InChI is InChI=1S/C12H19BrN2/c1-8(2)15-7-12(14)11-6-10(13)5-4-9(11)3/h4-6,8,12,15H,7,14H2,1-3H3. The van der Waals surface area contributed by atoms with E-state index in [2.05, 4.69) is 54.2 Å². The normalized spacial score (nSPS) is 13.2. The van der Waals surface area contributed by atoms with Gasteiger partial charge in [-0.05, 0) is 30.2 Å². The molecule has 0 aliphatic heterocycles. The number of hydrogen-bond donors (Lipinski definition) is 2. The summed E-state index contributed by atoms with van der Waals surface area (Å²) in [7, 11) is 0. The zero-order valence-corrected chi connectivity index (χ0v) is 11.1. The molecule has 84 valence electrons. The molecule has 1 unspecified atom stereocenters. The van der Waals surface area contributed by atoms with Gasteiger partial charge in [0.15, 0.2) is 0 Å². The molecule has 1 rings (SSSR count). The Balaban J connectivity index is 2.72. The van der Waals surface area contributed by atoms with Crippen molar-refractivity contribution in [1.82, 2.24) is 5.32 Å². The highest BCUT2D eigenvalue weighted by Crippen LogP contribution is 2.20. The first-order valence-electron chi connectivity index (χ1n) is 5.25. The molecule has 0 saturated heterocycles. The summed E-state index contributed by atoms with van der Waals surface area (Å²) >= 11 is 3.47. The van der Waals surface area contributed by atoms with Crippen molar-refractivity contribution in [3.8, 4) is 0 Å². The van der Waals surface area contributed by atoms with E-state index in [4.69, 9.17) is 5.73 Å². The first-order valence-corrected chi connectivity index (χ1v) is 6.05. The average molecular weight is 271 g/mol. The van der Waals surface area contributed by atoms with Crippen molar-refractivity contribution in [2.75, 3.05) is 6.54 Å². The molecule has 0 heterocycles. The number of rotatable bonds is 4. The fourth-order valence-electron chi connectivity index (χ4n) is 1.48. The largest absolute Gasteiger partial charge is 0.323 e. The van der Waals surface area contributed by atoms with Crippen molar-refractivity contribution in [2.24, 2.45) is 5.73 Å². The summed E-state index contributed by atoms with van der Waals surface area (Å²) < 4.78 is 1.09. The summed E-state index contributed by atoms with van der Waals surface area (Å²) in [5.41, 5.74) is 8.58. The highest BCUT2D eigenvalue weighted by atomic mass is 79.9. The molecule has 1 atom stereocenters. The highest BCUT2D eigenvalue weighted by molar-refractivity contribution is 9.10. The lowest BCUT2D eigenvalue weighted by molar-refractivity contribution is 0.536. The van der Waals surface area contributed by atoms with Gasteiger partial charge in [-0.15, -0.1) is 0 Å². The maximum atomic E-state index is 6.13. The fraction of sp³-hybridized carbons (Fsp3) is 0.500. The summed E-state index contributed by atoms with van der Waals surface area (Å²) in [6.45, 7) is 7.16. The van der Waals surface area contributed by atoms with E-state index in [0.29, 0.717) is 6.04 Å². The van der Waals surface area contributed by atoms with E-state index in [-0.39, 0.29) is 6.04 Å². The van der Waals surface area contributed by atoms with Gasteiger partial charge in [0.1, 0.15) is 0 Å². The van der Waals surface area contributed by atoms with E-state index in [9.17, 15) is 0 Å². The minimum atomic E-state index is 0.0601.